The summed E-state index contributed by atoms with van der Waals surface area (Å²) in [5.74, 6) is 0.472. The van der Waals surface area contributed by atoms with Crippen molar-refractivity contribution in [1.82, 2.24) is 29.9 Å². The maximum atomic E-state index is 12.9. The molecule has 2 fully saturated rings. The third kappa shape index (κ3) is 2.79. The Labute approximate surface area is 173 Å². The summed E-state index contributed by atoms with van der Waals surface area (Å²) in [5.41, 5.74) is 5.23. The Morgan fingerprint density at radius 2 is 2.00 bits per heavy atom. The maximum Gasteiger partial charge on any atom is 0.259 e. The van der Waals surface area contributed by atoms with Gasteiger partial charge in [-0.1, -0.05) is 0 Å². The van der Waals surface area contributed by atoms with Crippen LogP contribution in [0.4, 0.5) is 5.69 Å². The van der Waals surface area contributed by atoms with Gasteiger partial charge in [0.2, 0.25) is 0 Å². The molecule has 0 bridgehead atoms. The molecular formula is C22H23N7O. The first-order valence-corrected chi connectivity index (χ1v) is 10.4. The molecule has 8 nitrogen and oxygen atoms in total. The average molecular weight is 401 g/mol. The van der Waals surface area contributed by atoms with Crippen molar-refractivity contribution in [3.8, 4) is 11.5 Å². The highest BCUT2D eigenvalue weighted by molar-refractivity contribution is 5.83. The smallest absolute Gasteiger partial charge is 0.259 e. The predicted molar refractivity (Wildman–Crippen MR) is 116 cm³/mol. The highest BCUT2D eigenvalue weighted by Crippen LogP contribution is 2.38. The molecule has 0 amide bonds. The molecule has 0 atom stereocenters. The first-order valence-electron chi connectivity index (χ1n) is 10.4. The van der Waals surface area contributed by atoms with Crippen molar-refractivity contribution in [2.24, 2.45) is 0 Å². The van der Waals surface area contributed by atoms with E-state index in [1.165, 1.54) is 12.8 Å². The Balaban J connectivity index is 1.41. The fourth-order valence-corrected chi connectivity index (χ4v) is 4.51. The van der Waals surface area contributed by atoms with Crippen LogP contribution >= 0.6 is 0 Å². The number of nitrogens with one attached hydrogen (secondary N) is 2. The van der Waals surface area contributed by atoms with Crippen LogP contribution in [0.15, 0.2) is 35.3 Å². The summed E-state index contributed by atoms with van der Waals surface area (Å²) in [7, 11) is 0. The molecule has 1 aliphatic carbocycles. The quantitative estimate of drug-likeness (QED) is 0.535. The third-order valence-corrected chi connectivity index (χ3v) is 6.29. The zero-order valence-electron chi connectivity index (χ0n) is 17.1. The maximum absolute atomic E-state index is 12.9. The second kappa shape index (κ2) is 6.12. The zero-order chi connectivity index (χ0) is 20.5. The van der Waals surface area contributed by atoms with E-state index in [4.69, 9.17) is 4.98 Å². The van der Waals surface area contributed by atoms with Gasteiger partial charge >= 0.3 is 0 Å². The number of aromatic amines is 1. The zero-order valence-corrected chi connectivity index (χ0v) is 17.1. The summed E-state index contributed by atoms with van der Waals surface area (Å²) in [6, 6.07) is 7.89. The van der Waals surface area contributed by atoms with E-state index in [0.717, 1.165) is 42.2 Å². The van der Waals surface area contributed by atoms with Crippen molar-refractivity contribution >= 4 is 22.1 Å². The van der Waals surface area contributed by atoms with Crippen LogP contribution in [0.2, 0.25) is 0 Å². The van der Waals surface area contributed by atoms with Gasteiger partial charge in [0.15, 0.2) is 5.82 Å². The summed E-state index contributed by atoms with van der Waals surface area (Å²) in [4.78, 5) is 27.4. The van der Waals surface area contributed by atoms with Gasteiger partial charge in [-0.25, -0.2) is 9.50 Å². The largest absolute Gasteiger partial charge is 0.368 e. The van der Waals surface area contributed by atoms with E-state index >= 15 is 0 Å². The third-order valence-electron chi connectivity index (χ3n) is 6.29. The minimum atomic E-state index is -0.142. The van der Waals surface area contributed by atoms with E-state index in [9.17, 15) is 4.79 Å². The molecule has 1 aliphatic heterocycles. The Morgan fingerprint density at radius 3 is 2.83 bits per heavy atom. The lowest BCUT2D eigenvalue weighted by Gasteiger charge is -2.35. The van der Waals surface area contributed by atoms with Crippen LogP contribution in [0.1, 0.15) is 24.2 Å². The van der Waals surface area contributed by atoms with Crippen LogP contribution in [0.3, 0.4) is 0 Å². The molecule has 1 saturated carbocycles. The van der Waals surface area contributed by atoms with Crippen LogP contribution in [0.5, 0.6) is 0 Å². The number of hydrogen-bond acceptors (Lipinski definition) is 6. The molecule has 4 heterocycles. The van der Waals surface area contributed by atoms with Crippen LogP contribution in [0.25, 0.3) is 27.9 Å². The van der Waals surface area contributed by atoms with Crippen LogP contribution < -0.4 is 15.8 Å². The number of H-pyrrole nitrogens is 1. The number of nitrogens with zero attached hydrogens (tertiary/aromatic N) is 5. The monoisotopic (exact) mass is 401 g/mol. The first kappa shape index (κ1) is 17.6. The van der Waals surface area contributed by atoms with Gasteiger partial charge in [0.05, 0.1) is 34.0 Å². The molecular weight excluding hydrogens is 378 g/mol. The molecule has 3 aromatic heterocycles. The lowest BCUT2D eigenvalue weighted by atomic mass is 10.1. The average Bonchev–Trinajstić information content (AvgIpc) is 3.31. The number of rotatable bonds is 2. The second-order valence-corrected chi connectivity index (χ2v) is 8.57. The molecule has 152 valence electrons. The predicted octanol–water partition coefficient (Wildman–Crippen LogP) is 2.19. The fraction of sp³-hybridized carbons (Fsp3) is 0.364. The van der Waals surface area contributed by atoms with E-state index in [-0.39, 0.29) is 11.1 Å². The summed E-state index contributed by atoms with van der Waals surface area (Å²) in [6.07, 6.45) is 4.34. The lowest BCUT2D eigenvalue weighted by molar-refractivity contribution is 0.442. The van der Waals surface area contributed by atoms with Gasteiger partial charge in [-0.15, -0.1) is 0 Å². The lowest BCUT2D eigenvalue weighted by Crippen LogP contribution is -2.52. The topological polar surface area (TPSA) is 91.2 Å². The van der Waals surface area contributed by atoms with Crippen molar-refractivity contribution in [3.05, 3.63) is 52.2 Å². The molecule has 1 aromatic carbocycles. The molecule has 6 rings (SSSR count). The van der Waals surface area contributed by atoms with Gasteiger partial charge in [0.25, 0.3) is 5.56 Å². The molecule has 1 saturated heterocycles. The fourth-order valence-electron chi connectivity index (χ4n) is 4.51. The summed E-state index contributed by atoms with van der Waals surface area (Å²) < 4.78 is 1.79. The van der Waals surface area contributed by atoms with Crippen molar-refractivity contribution < 1.29 is 0 Å². The normalized spacial score (nSPS) is 17.9. The van der Waals surface area contributed by atoms with Gasteiger partial charge in [0.1, 0.15) is 5.69 Å². The van der Waals surface area contributed by atoms with Gasteiger partial charge in [-0.05, 0) is 51.0 Å². The Morgan fingerprint density at radius 1 is 1.13 bits per heavy atom. The van der Waals surface area contributed by atoms with Gasteiger partial charge in [-0.3, -0.25) is 9.78 Å². The Kier molecular flexibility index (Phi) is 3.59. The van der Waals surface area contributed by atoms with E-state index < -0.39 is 0 Å². The highest BCUT2D eigenvalue weighted by atomic mass is 16.1. The Hall–Kier alpha value is -3.26. The van der Waals surface area contributed by atoms with Crippen LogP contribution in [-0.2, 0) is 0 Å². The first-order chi connectivity index (χ1) is 14.5. The van der Waals surface area contributed by atoms with Crippen LogP contribution in [0, 0.1) is 13.8 Å². The van der Waals surface area contributed by atoms with Crippen LogP contribution in [-0.4, -0.2) is 49.7 Å². The molecule has 0 radical (unpaired) electrons. The molecule has 0 unspecified atom stereocenters. The number of benzene rings is 1. The van der Waals surface area contributed by atoms with Gasteiger partial charge < -0.3 is 15.2 Å². The number of aryl methyl sites for hydroxylation is 2. The van der Waals surface area contributed by atoms with Crippen molar-refractivity contribution in [2.45, 2.75) is 32.2 Å². The number of anilines is 1. The van der Waals surface area contributed by atoms with Crippen molar-refractivity contribution in [2.75, 3.05) is 24.5 Å². The van der Waals surface area contributed by atoms with E-state index in [2.05, 4.69) is 31.3 Å². The minimum absolute atomic E-state index is 0.142. The highest BCUT2D eigenvalue weighted by Gasteiger charge is 2.45. The van der Waals surface area contributed by atoms with Crippen molar-refractivity contribution in [1.29, 1.82) is 0 Å². The van der Waals surface area contributed by atoms with E-state index in [1.807, 2.05) is 38.2 Å². The number of piperazine rings is 1. The molecule has 2 aliphatic rings. The second-order valence-electron chi connectivity index (χ2n) is 8.57. The molecule has 8 heteroatoms. The van der Waals surface area contributed by atoms with E-state index in [0.29, 0.717) is 22.4 Å². The SMILES string of the molecule is Cc1cn2nc(-c3nc4ccc(N5CCNC6(CC6)C5)cc4c(=O)[nH]3)cc2c(C)n1. The Bertz CT molecular complexity index is 1370. The molecule has 2 N–H and O–H groups in total. The van der Waals surface area contributed by atoms with Gasteiger partial charge in [0, 0.05) is 30.9 Å². The standard InChI is InChI=1S/C22H23N7O/c1-13-11-29-19(14(2)24-13)10-18(27-29)20-25-17-4-3-15(9-16(17)21(30)26-20)28-8-7-23-22(12-28)5-6-22/h3-4,9-11,23H,5-8,12H2,1-2H3,(H,25,26,30). The number of aromatic nitrogens is 5. The molecule has 30 heavy (non-hydrogen) atoms. The summed E-state index contributed by atoms with van der Waals surface area (Å²) >= 11 is 0. The summed E-state index contributed by atoms with van der Waals surface area (Å²) in [5, 5.41) is 8.83. The molecule has 4 aromatic rings. The number of fused-ring (bicyclic) bond motifs is 2. The summed E-state index contributed by atoms with van der Waals surface area (Å²) in [6.45, 7) is 6.81. The number of hydrogen-bond donors (Lipinski definition) is 2. The molecule has 1 spiro atoms. The van der Waals surface area contributed by atoms with Crippen molar-refractivity contribution in [3.63, 3.8) is 0 Å². The minimum Gasteiger partial charge on any atom is -0.368 e. The van der Waals surface area contributed by atoms with Gasteiger partial charge in [-0.2, -0.15) is 5.10 Å². The van der Waals surface area contributed by atoms with E-state index in [1.54, 1.807) is 4.52 Å².